The van der Waals surface area contributed by atoms with Crippen LogP contribution in [0.3, 0.4) is 0 Å². The molecule has 2 fully saturated rings. The van der Waals surface area contributed by atoms with E-state index < -0.39 is 0 Å². The maximum absolute atomic E-state index is 12.8. The first kappa shape index (κ1) is 18.7. The van der Waals surface area contributed by atoms with Crippen molar-refractivity contribution in [2.75, 3.05) is 31.1 Å². The van der Waals surface area contributed by atoms with Crippen LogP contribution < -0.4 is 10.2 Å². The van der Waals surface area contributed by atoms with E-state index >= 15 is 0 Å². The van der Waals surface area contributed by atoms with Gasteiger partial charge in [0.05, 0.1) is 0 Å². The highest BCUT2D eigenvalue weighted by Gasteiger charge is 2.33. The molecule has 6 nitrogen and oxygen atoms in total. The summed E-state index contributed by atoms with van der Waals surface area (Å²) in [5, 5.41) is 2.99. The van der Waals surface area contributed by atoms with Crippen LogP contribution in [0.4, 0.5) is 5.82 Å². The van der Waals surface area contributed by atoms with E-state index in [1.54, 1.807) is 6.20 Å². The fraction of sp³-hybridized carbons (Fsp3) is 0.650. The summed E-state index contributed by atoms with van der Waals surface area (Å²) >= 11 is 0. The van der Waals surface area contributed by atoms with Gasteiger partial charge in [0, 0.05) is 50.3 Å². The highest BCUT2D eigenvalue weighted by molar-refractivity contribution is 5.81. The largest absolute Gasteiger partial charge is 0.354 e. The molecule has 2 aliphatic rings. The topological polar surface area (TPSA) is 65.5 Å². The number of anilines is 1. The van der Waals surface area contributed by atoms with Gasteiger partial charge in [-0.25, -0.2) is 4.98 Å². The van der Waals surface area contributed by atoms with Crippen LogP contribution in [0.5, 0.6) is 0 Å². The summed E-state index contributed by atoms with van der Waals surface area (Å²) in [5.41, 5.74) is 0. The molecule has 1 saturated carbocycles. The lowest BCUT2D eigenvalue weighted by atomic mass is 9.80. The van der Waals surface area contributed by atoms with Gasteiger partial charge in [-0.05, 0) is 51.7 Å². The molecule has 1 N–H and O–H groups in total. The SMILES string of the molecule is CC(C)NC(=O)C1CCC(C(=O)N2CCN(c3ccccn3)CC2)CC1. The standard InChI is InChI=1S/C20H30N4O2/c1-15(2)22-19(25)16-6-8-17(9-7-16)20(26)24-13-11-23(12-14-24)18-5-3-4-10-21-18/h3-5,10,15-17H,6-9,11-14H2,1-2H3,(H,22,25). The van der Waals surface area contributed by atoms with E-state index in [1.807, 2.05) is 36.9 Å². The van der Waals surface area contributed by atoms with Crippen LogP contribution in [-0.4, -0.2) is 53.9 Å². The average molecular weight is 358 g/mol. The number of rotatable bonds is 4. The minimum atomic E-state index is 0.0717. The van der Waals surface area contributed by atoms with Gasteiger partial charge in [0.1, 0.15) is 5.82 Å². The van der Waals surface area contributed by atoms with Gasteiger partial charge in [-0.3, -0.25) is 9.59 Å². The molecule has 0 spiro atoms. The Labute approximate surface area is 156 Å². The molecule has 1 aliphatic carbocycles. The van der Waals surface area contributed by atoms with E-state index in [1.165, 1.54) is 0 Å². The Morgan fingerprint density at radius 3 is 2.27 bits per heavy atom. The second-order valence-electron chi connectivity index (χ2n) is 7.71. The Morgan fingerprint density at radius 1 is 1.04 bits per heavy atom. The zero-order valence-corrected chi connectivity index (χ0v) is 15.9. The second kappa shape index (κ2) is 8.52. The minimum absolute atomic E-state index is 0.0717. The summed E-state index contributed by atoms with van der Waals surface area (Å²) in [7, 11) is 0. The summed E-state index contributed by atoms with van der Waals surface area (Å²) in [5.74, 6) is 1.56. The lowest BCUT2D eigenvalue weighted by molar-refractivity contribution is -0.138. The number of piperazine rings is 1. The Morgan fingerprint density at radius 2 is 1.69 bits per heavy atom. The molecule has 0 aromatic carbocycles. The number of carbonyl (C=O) groups excluding carboxylic acids is 2. The third-order valence-corrected chi connectivity index (χ3v) is 5.44. The lowest BCUT2D eigenvalue weighted by Gasteiger charge is -2.38. The van der Waals surface area contributed by atoms with Gasteiger partial charge in [0.2, 0.25) is 11.8 Å². The Bertz CT molecular complexity index is 603. The molecule has 1 aliphatic heterocycles. The van der Waals surface area contributed by atoms with Gasteiger partial charge in [-0.2, -0.15) is 0 Å². The van der Waals surface area contributed by atoms with Crippen molar-refractivity contribution in [2.24, 2.45) is 11.8 Å². The van der Waals surface area contributed by atoms with Gasteiger partial charge < -0.3 is 15.1 Å². The smallest absolute Gasteiger partial charge is 0.225 e. The van der Waals surface area contributed by atoms with Gasteiger partial charge >= 0.3 is 0 Å². The summed E-state index contributed by atoms with van der Waals surface area (Å²) in [6.45, 7) is 7.13. The van der Waals surface area contributed by atoms with Crippen molar-refractivity contribution >= 4 is 17.6 Å². The molecule has 6 heteroatoms. The molecule has 1 aromatic rings. The van der Waals surface area contributed by atoms with Crippen molar-refractivity contribution in [1.29, 1.82) is 0 Å². The third-order valence-electron chi connectivity index (χ3n) is 5.44. The molecule has 3 rings (SSSR count). The molecular formula is C20H30N4O2. The monoisotopic (exact) mass is 358 g/mol. The van der Waals surface area contributed by atoms with E-state index in [-0.39, 0.29) is 29.7 Å². The number of pyridine rings is 1. The van der Waals surface area contributed by atoms with Crippen molar-refractivity contribution in [2.45, 2.75) is 45.6 Å². The van der Waals surface area contributed by atoms with Gasteiger partial charge in [0.25, 0.3) is 0 Å². The van der Waals surface area contributed by atoms with Crippen molar-refractivity contribution in [3.8, 4) is 0 Å². The second-order valence-corrected chi connectivity index (χ2v) is 7.71. The van der Waals surface area contributed by atoms with E-state index in [9.17, 15) is 9.59 Å². The fourth-order valence-corrected chi connectivity index (χ4v) is 3.96. The van der Waals surface area contributed by atoms with Crippen LogP contribution in [0.1, 0.15) is 39.5 Å². The third kappa shape index (κ3) is 4.54. The minimum Gasteiger partial charge on any atom is -0.354 e. The lowest BCUT2D eigenvalue weighted by Crippen LogP contribution is -2.51. The first-order valence-electron chi connectivity index (χ1n) is 9.79. The van der Waals surface area contributed by atoms with Crippen molar-refractivity contribution < 1.29 is 9.59 Å². The molecule has 0 radical (unpaired) electrons. The Hall–Kier alpha value is -2.11. The highest BCUT2D eigenvalue weighted by atomic mass is 16.2. The van der Waals surface area contributed by atoms with Crippen LogP contribution in [0.2, 0.25) is 0 Å². The summed E-state index contributed by atoms with van der Waals surface area (Å²) in [4.78, 5) is 33.6. The quantitative estimate of drug-likeness (QED) is 0.895. The van der Waals surface area contributed by atoms with Crippen LogP contribution in [-0.2, 0) is 9.59 Å². The summed E-state index contributed by atoms with van der Waals surface area (Å²) < 4.78 is 0. The fourth-order valence-electron chi connectivity index (χ4n) is 3.96. The maximum Gasteiger partial charge on any atom is 0.225 e. The first-order valence-corrected chi connectivity index (χ1v) is 9.79. The predicted molar refractivity (Wildman–Crippen MR) is 102 cm³/mol. The number of nitrogens with one attached hydrogen (secondary N) is 1. The van der Waals surface area contributed by atoms with Crippen molar-refractivity contribution in [1.82, 2.24) is 15.2 Å². The molecule has 142 valence electrons. The Kier molecular flexibility index (Phi) is 6.12. The zero-order chi connectivity index (χ0) is 18.5. The van der Waals surface area contributed by atoms with Gasteiger partial charge in [-0.15, -0.1) is 0 Å². The highest BCUT2D eigenvalue weighted by Crippen LogP contribution is 2.30. The normalized spacial score (nSPS) is 23.8. The average Bonchev–Trinajstić information content (AvgIpc) is 2.68. The van der Waals surface area contributed by atoms with Crippen LogP contribution in [0.25, 0.3) is 0 Å². The number of hydrogen-bond donors (Lipinski definition) is 1. The van der Waals surface area contributed by atoms with E-state index in [0.29, 0.717) is 0 Å². The van der Waals surface area contributed by atoms with Crippen LogP contribution >= 0.6 is 0 Å². The number of carbonyl (C=O) groups is 2. The van der Waals surface area contributed by atoms with Crippen LogP contribution in [0, 0.1) is 11.8 Å². The molecule has 0 atom stereocenters. The molecule has 0 unspecified atom stereocenters. The molecule has 26 heavy (non-hydrogen) atoms. The van der Waals surface area contributed by atoms with Crippen molar-refractivity contribution in [3.63, 3.8) is 0 Å². The maximum atomic E-state index is 12.8. The number of aromatic nitrogens is 1. The van der Waals surface area contributed by atoms with E-state index in [2.05, 4.69) is 15.2 Å². The predicted octanol–water partition coefficient (Wildman–Crippen LogP) is 2.06. The summed E-state index contributed by atoms with van der Waals surface area (Å²) in [6.07, 6.45) is 5.11. The zero-order valence-electron chi connectivity index (χ0n) is 15.9. The molecule has 1 saturated heterocycles. The summed E-state index contributed by atoms with van der Waals surface area (Å²) in [6, 6.07) is 6.10. The number of nitrogens with zero attached hydrogens (tertiary/aromatic N) is 3. The van der Waals surface area contributed by atoms with Gasteiger partial charge in [0.15, 0.2) is 0 Å². The molecule has 2 heterocycles. The number of hydrogen-bond acceptors (Lipinski definition) is 4. The first-order chi connectivity index (χ1) is 12.5. The number of amides is 2. The molecule has 0 bridgehead atoms. The van der Waals surface area contributed by atoms with E-state index in [0.717, 1.165) is 57.7 Å². The van der Waals surface area contributed by atoms with Crippen LogP contribution in [0.15, 0.2) is 24.4 Å². The van der Waals surface area contributed by atoms with Gasteiger partial charge in [-0.1, -0.05) is 6.07 Å². The Balaban J connectivity index is 1.45. The molecule has 1 aromatic heterocycles. The van der Waals surface area contributed by atoms with Crippen molar-refractivity contribution in [3.05, 3.63) is 24.4 Å². The molecule has 2 amide bonds. The van der Waals surface area contributed by atoms with E-state index in [4.69, 9.17) is 0 Å². The molecular weight excluding hydrogens is 328 g/mol.